The van der Waals surface area contributed by atoms with Crippen LogP contribution in [0.1, 0.15) is 39.5 Å². The van der Waals surface area contributed by atoms with E-state index in [4.69, 9.17) is 5.73 Å². The third kappa shape index (κ3) is 4.84. The van der Waals surface area contributed by atoms with Gasteiger partial charge in [-0.05, 0) is 32.1 Å². The lowest BCUT2D eigenvalue weighted by Crippen LogP contribution is -2.45. The van der Waals surface area contributed by atoms with Crippen molar-refractivity contribution in [3.05, 3.63) is 0 Å². The smallest absolute Gasteiger partial charge is 0.353 e. The molecule has 0 aromatic rings. The minimum Gasteiger partial charge on any atom is -0.353 e. The number of alkyl halides is 3. The predicted octanol–water partition coefficient (Wildman–Crippen LogP) is 2.21. The molecule has 0 aliphatic heterocycles. The van der Waals surface area contributed by atoms with E-state index in [0.717, 1.165) is 12.8 Å². The average Bonchev–Trinajstić information content (AvgIpc) is 2.18. The SMILES string of the molecule is CC(CC(F)(F)F)NC(=O)C1CC(N)CCC1C. The molecule has 3 N–H and O–H groups in total. The summed E-state index contributed by atoms with van der Waals surface area (Å²) in [6.07, 6.45) is -2.95. The fourth-order valence-corrected chi connectivity index (χ4v) is 2.47. The summed E-state index contributed by atoms with van der Waals surface area (Å²) in [4.78, 5) is 11.9. The molecule has 18 heavy (non-hydrogen) atoms. The molecule has 1 saturated carbocycles. The first-order chi connectivity index (χ1) is 8.19. The molecule has 0 aromatic heterocycles. The van der Waals surface area contributed by atoms with Crippen LogP contribution in [0.15, 0.2) is 0 Å². The number of nitrogens with two attached hydrogens (primary N) is 1. The van der Waals surface area contributed by atoms with Gasteiger partial charge in [0.2, 0.25) is 5.91 Å². The lowest BCUT2D eigenvalue weighted by atomic mass is 9.77. The quantitative estimate of drug-likeness (QED) is 0.823. The monoisotopic (exact) mass is 266 g/mol. The Morgan fingerprint density at radius 3 is 2.61 bits per heavy atom. The molecule has 1 amide bonds. The Kier molecular flexibility index (Phi) is 5.01. The van der Waals surface area contributed by atoms with Gasteiger partial charge in [-0.25, -0.2) is 0 Å². The number of carbonyl (C=O) groups is 1. The Balaban J connectivity index is 2.48. The number of hydrogen-bond acceptors (Lipinski definition) is 2. The first kappa shape index (κ1) is 15.3. The van der Waals surface area contributed by atoms with Crippen LogP contribution < -0.4 is 11.1 Å². The molecule has 1 rings (SSSR count). The van der Waals surface area contributed by atoms with Gasteiger partial charge >= 0.3 is 6.18 Å². The Morgan fingerprint density at radius 1 is 1.44 bits per heavy atom. The number of rotatable bonds is 3. The average molecular weight is 266 g/mol. The zero-order chi connectivity index (χ0) is 13.9. The van der Waals surface area contributed by atoms with Gasteiger partial charge in [-0.15, -0.1) is 0 Å². The van der Waals surface area contributed by atoms with Crippen molar-refractivity contribution in [3.8, 4) is 0 Å². The second-order valence-electron chi connectivity index (χ2n) is 5.39. The van der Waals surface area contributed by atoms with E-state index in [2.05, 4.69) is 5.32 Å². The highest BCUT2D eigenvalue weighted by molar-refractivity contribution is 5.79. The van der Waals surface area contributed by atoms with E-state index in [-0.39, 0.29) is 23.8 Å². The zero-order valence-electron chi connectivity index (χ0n) is 10.8. The van der Waals surface area contributed by atoms with Crippen molar-refractivity contribution in [1.29, 1.82) is 0 Å². The second kappa shape index (κ2) is 5.91. The van der Waals surface area contributed by atoms with Crippen molar-refractivity contribution in [1.82, 2.24) is 5.32 Å². The molecular weight excluding hydrogens is 245 g/mol. The van der Waals surface area contributed by atoms with Gasteiger partial charge in [0.15, 0.2) is 0 Å². The van der Waals surface area contributed by atoms with Crippen LogP contribution in [0.3, 0.4) is 0 Å². The molecule has 6 heteroatoms. The van der Waals surface area contributed by atoms with Crippen molar-refractivity contribution in [2.75, 3.05) is 0 Å². The molecule has 4 atom stereocenters. The molecule has 1 aliphatic carbocycles. The summed E-state index contributed by atoms with van der Waals surface area (Å²) in [6.45, 7) is 3.32. The van der Waals surface area contributed by atoms with E-state index in [0.29, 0.717) is 6.42 Å². The van der Waals surface area contributed by atoms with Gasteiger partial charge in [0.25, 0.3) is 0 Å². The first-order valence-electron chi connectivity index (χ1n) is 6.31. The lowest BCUT2D eigenvalue weighted by molar-refractivity contribution is -0.142. The van der Waals surface area contributed by atoms with E-state index < -0.39 is 18.6 Å². The molecule has 4 unspecified atom stereocenters. The third-order valence-electron chi connectivity index (χ3n) is 3.50. The molecule has 0 heterocycles. The maximum absolute atomic E-state index is 12.2. The Bertz CT molecular complexity index is 294. The highest BCUT2D eigenvalue weighted by Crippen LogP contribution is 2.29. The van der Waals surface area contributed by atoms with Crippen molar-refractivity contribution >= 4 is 5.91 Å². The van der Waals surface area contributed by atoms with Crippen LogP contribution in [0, 0.1) is 11.8 Å². The Labute approximate surface area is 105 Å². The largest absolute Gasteiger partial charge is 0.391 e. The van der Waals surface area contributed by atoms with E-state index in [1.165, 1.54) is 6.92 Å². The summed E-state index contributed by atoms with van der Waals surface area (Å²) < 4.78 is 36.5. The van der Waals surface area contributed by atoms with Crippen molar-refractivity contribution in [3.63, 3.8) is 0 Å². The molecule has 106 valence electrons. The summed E-state index contributed by atoms with van der Waals surface area (Å²) in [5.41, 5.74) is 5.80. The van der Waals surface area contributed by atoms with Crippen LogP contribution in [0.5, 0.6) is 0 Å². The van der Waals surface area contributed by atoms with Crippen LogP contribution in [0.4, 0.5) is 13.2 Å². The zero-order valence-corrected chi connectivity index (χ0v) is 10.8. The van der Waals surface area contributed by atoms with E-state index >= 15 is 0 Å². The highest BCUT2D eigenvalue weighted by Gasteiger charge is 2.34. The normalized spacial score (nSPS) is 30.9. The van der Waals surface area contributed by atoms with Crippen LogP contribution in [-0.4, -0.2) is 24.2 Å². The molecule has 1 fully saturated rings. The molecule has 0 saturated heterocycles. The van der Waals surface area contributed by atoms with Crippen LogP contribution in [-0.2, 0) is 4.79 Å². The number of carbonyl (C=O) groups excluding carboxylic acids is 1. The van der Waals surface area contributed by atoms with Gasteiger partial charge in [0.05, 0.1) is 6.42 Å². The summed E-state index contributed by atoms with van der Waals surface area (Å²) in [6, 6.07) is -0.905. The molecular formula is C12H21F3N2O. The highest BCUT2D eigenvalue weighted by atomic mass is 19.4. The molecule has 0 spiro atoms. The minimum atomic E-state index is -4.25. The Hall–Kier alpha value is -0.780. The molecule has 0 bridgehead atoms. The maximum Gasteiger partial charge on any atom is 0.391 e. The van der Waals surface area contributed by atoms with Crippen molar-refractivity contribution in [2.45, 2.75) is 57.8 Å². The van der Waals surface area contributed by atoms with E-state index in [1.807, 2.05) is 6.92 Å². The van der Waals surface area contributed by atoms with Gasteiger partial charge in [-0.2, -0.15) is 13.2 Å². The van der Waals surface area contributed by atoms with Crippen LogP contribution in [0.2, 0.25) is 0 Å². The summed E-state index contributed by atoms with van der Waals surface area (Å²) in [5, 5.41) is 2.44. The van der Waals surface area contributed by atoms with Crippen LogP contribution >= 0.6 is 0 Å². The van der Waals surface area contributed by atoms with Gasteiger partial charge < -0.3 is 11.1 Å². The van der Waals surface area contributed by atoms with Crippen molar-refractivity contribution in [2.24, 2.45) is 17.6 Å². The molecule has 0 aromatic carbocycles. The van der Waals surface area contributed by atoms with Gasteiger partial charge in [0, 0.05) is 18.0 Å². The summed E-state index contributed by atoms with van der Waals surface area (Å²) >= 11 is 0. The predicted molar refractivity (Wildman–Crippen MR) is 62.8 cm³/mol. The minimum absolute atomic E-state index is 0.0186. The summed E-state index contributed by atoms with van der Waals surface area (Å²) in [7, 11) is 0. The molecule has 3 nitrogen and oxygen atoms in total. The number of hydrogen-bond donors (Lipinski definition) is 2. The van der Waals surface area contributed by atoms with Gasteiger partial charge in [-0.3, -0.25) is 4.79 Å². The first-order valence-corrected chi connectivity index (χ1v) is 6.31. The maximum atomic E-state index is 12.2. The van der Waals surface area contributed by atoms with Crippen molar-refractivity contribution < 1.29 is 18.0 Å². The van der Waals surface area contributed by atoms with Gasteiger partial charge in [-0.1, -0.05) is 6.92 Å². The standard InChI is InChI=1S/C12H21F3N2O/c1-7-3-4-9(16)5-10(7)11(18)17-8(2)6-12(13,14)15/h7-10H,3-6,16H2,1-2H3,(H,17,18). The fourth-order valence-electron chi connectivity index (χ4n) is 2.47. The lowest BCUT2D eigenvalue weighted by Gasteiger charge is -2.32. The topological polar surface area (TPSA) is 55.1 Å². The van der Waals surface area contributed by atoms with Crippen LogP contribution in [0.25, 0.3) is 0 Å². The Morgan fingerprint density at radius 2 is 2.06 bits per heavy atom. The second-order valence-corrected chi connectivity index (χ2v) is 5.39. The number of amides is 1. The fraction of sp³-hybridized carbons (Fsp3) is 0.917. The molecule has 0 radical (unpaired) electrons. The molecule has 1 aliphatic rings. The van der Waals surface area contributed by atoms with E-state index in [9.17, 15) is 18.0 Å². The van der Waals surface area contributed by atoms with E-state index in [1.54, 1.807) is 0 Å². The van der Waals surface area contributed by atoms with Gasteiger partial charge in [0.1, 0.15) is 0 Å². The third-order valence-corrected chi connectivity index (χ3v) is 3.50. The summed E-state index contributed by atoms with van der Waals surface area (Å²) in [5.74, 6) is -0.373. The number of nitrogens with one attached hydrogen (secondary N) is 1. The number of halogens is 3.